The van der Waals surface area contributed by atoms with Gasteiger partial charge in [0.2, 0.25) is 0 Å². The van der Waals surface area contributed by atoms with Crippen LogP contribution in [0.1, 0.15) is 38.2 Å². The minimum absolute atomic E-state index is 0.308. The summed E-state index contributed by atoms with van der Waals surface area (Å²) in [7, 11) is 0. The molecule has 8 nitrogen and oxygen atoms in total. The highest BCUT2D eigenvalue weighted by Crippen LogP contribution is 2.09. The van der Waals surface area contributed by atoms with Crippen LogP contribution in [0, 0.1) is 0 Å². The first-order valence-electron chi connectivity index (χ1n) is 8.33. The standard InChI is InChI=1S/C17H20N6O2/c1-3-9-22-15-14(16(24)23(10-4-2)17(22)25)20-13(21-15)6-5-12-11-18-7-8-19-12/h5-8,11H,3-4,9-10H2,1-2H3,(H,20,21)/b6-5+. The molecule has 130 valence electrons. The first kappa shape index (κ1) is 16.8. The lowest BCUT2D eigenvalue weighted by atomic mass is 10.4. The van der Waals surface area contributed by atoms with Crippen LogP contribution in [-0.4, -0.2) is 29.1 Å². The van der Waals surface area contributed by atoms with E-state index in [9.17, 15) is 9.59 Å². The van der Waals surface area contributed by atoms with E-state index in [1.165, 1.54) is 4.57 Å². The minimum Gasteiger partial charge on any atom is -0.333 e. The summed E-state index contributed by atoms with van der Waals surface area (Å²) in [5.41, 5.74) is 0.776. The van der Waals surface area contributed by atoms with Gasteiger partial charge in [0.05, 0.1) is 11.9 Å². The van der Waals surface area contributed by atoms with Crippen molar-refractivity contribution in [3.8, 4) is 0 Å². The number of hydrogen-bond donors (Lipinski definition) is 1. The number of hydrogen-bond acceptors (Lipinski definition) is 5. The molecule has 0 spiro atoms. The van der Waals surface area contributed by atoms with Gasteiger partial charge in [0.25, 0.3) is 5.56 Å². The fourth-order valence-corrected chi connectivity index (χ4v) is 2.67. The van der Waals surface area contributed by atoms with Crippen LogP contribution in [0.25, 0.3) is 23.3 Å². The predicted molar refractivity (Wildman–Crippen MR) is 96.2 cm³/mol. The molecule has 3 heterocycles. The van der Waals surface area contributed by atoms with Gasteiger partial charge in [-0.15, -0.1) is 0 Å². The van der Waals surface area contributed by atoms with Gasteiger partial charge < -0.3 is 4.98 Å². The molecule has 8 heteroatoms. The molecule has 0 aliphatic heterocycles. The molecule has 0 bridgehead atoms. The summed E-state index contributed by atoms with van der Waals surface area (Å²) in [5.74, 6) is 0.497. The van der Waals surface area contributed by atoms with Crippen LogP contribution in [0.15, 0.2) is 28.2 Å². The van der Waals surface area contributed by atoms with Crippen LogP contribution >= 0.6 is 0 Å². The Labute approximate surface area is 143 Å². The number of imidazole rings is 1. The molecule has 3 aromatic heterocycles. The van der Waals surface area contributed by atoms with E-state index in [2.05, 4.69) is 19.9 Å². The molecular formula is C17H20N6O2. The summed E-state index contributed by atoms with van der Waals surface area (Å²) < 4.78 is 2.83. The maximum atomic E-state index is 12.6. The smallest absolute Gasteiger partial charge is 0.332 e. The third kappa shape index (κ3) is 3.28. The first-order chi connectivity index (χ1) is 12.2. The van der Waals surface area contributed by atoms with Crippen molar-refractivity contribution in [3.63, 3.8) is 0 Å². The second-order valence-electron chi connectivity index (χ2n) is 5.68. The minimum atomic E-state index is -0.333. The highest BCUT2D eigenvalue weighted by Gasteiger charge is 2.15. The van der Waals surface area contributed by atoms with Crippen molar-refractivity contribution in [2.75, 3.05) is 0 Å². The lowest BCUT2D eigenvalue weighted by Crippen LogP contribution is -2.40. The normalized spacial score (nSPS) is 11.6. The molecule has 0 radical (unpaired) electrons. The molecule has 0 unspecified atom stereocenters. The van der Waals surface area contributed by atoms with E-state index >= 15 is 0 Å². The Hall–Kier alpha value is -3.03. The second-order valence-corrected chi connectivity index (χ2v) is 5.68. The van der Waals surface area contributed by atoms with Crippen LogP contribution in [0.2, 0.25) is 0 Å². The molecule has 25 heavy (non-hydrogen) atoms. The van der Waals surface area contributed by atoms with Crippen molar-refractivity contribution >= 4 is 23.3 Å². The average Bonchev–Trinajstić information content (AvgIpc) is 3.06. The van der Waals surface area contributed by atoms with Gasteiger partial charge in [0.15, 0.2) is 5.65 Å². The number of H-pyrrole nitrogens is 1. The van der Waals surface area contributed by atoms with E-state index in [0.29, 0.717) is 42.2 Å². The molecule has 0 fully saturated rings. The third-order valence-electron chi connectivity index (χ3n) is 3.77. The number of aryl methyl sites for hydroxylation is 1. The zero-order valence-electron chi connectivity index (χ0n) is 14.3. The van der Waals surface area contributed by atoms with Crippen LogP contribution < -0.4 is 11.2 Å². The van der Waals surface area contributed by atoms with Crippen LogP contribution in [0.5, 0.6) is 0 Å². The number of aromatic amines is 1. The molecule has 0 amide bonds. The van der Waals surface area contributed by atoms with Gasteiger partial charge in [-0.25, -0.2) is 9.78 Å². The van der Waals surface area contributed by atoms with Gasteiger partial charge in [-0.1, -0.05) is 13.8 Å². The Balaban J connectivity index is 2.14. The highest BCUT2D eigenvalue weighted by molar-refractivity contribution is 5.74. The van der Waals surface area contributed by atoms with Crippen molar-refractivity contribution in [1.82, 2.24) is 29.1 Å². The van der Waals surface area contributed by atoms with Crippen molar-refractivity contribution in [2.24, 2.45) is 0 Å². The van der Waals surface area contributed by atoms with Crippen molar-refractivity contribution in [2.45, 2.75) is 39.8 Å². The number of fused-ring (bicyclic) bond motifs is 1. The Morgan fingerprint density at radius 2 is 1.84 bits per heavy atom. The van der Waals surface area contributed by atoms with Gasteiger partial charge in [-0.3, -0.25) is 23.9 Å². The summed E-state index contributed by atoms with van der Waals surface area (Å²) in [6.45, 7) is 4.82. The first-order valence-corrected chi connectivity index (χ1v) is 8.33. The van der Waals surface area contributed by atoms with Gasteiger partial charge >= 0.3 is 5.69 Å². The van der Waals surface area contributed by atoms with E-state index in [-0.39, 0.29) is 11.2 Å². The Morgan fingerprint density at radius 3 is 2.52 bits per heavy atom. The van der Waals surface area contributed by atoms with Crippen LogP contribution in [0.4, 0.5) is 0 Å². The van der Waals surface area contributed by atoms with Gasteiger partial charge in [0, 0.05) is 25.5 Å². The molecule has 0 saturated heterocycles. The summed E-state index contributed by atoms with van der Waals surface area (Å²) in [6, 6.07) is 0. The summed E-state index contributed by atoms with van der Waals surface area (Å²) in [6.07, 6.45) is 9.77. The zero-order valence-corrected chi connectivity index (χ0v) is 14.3. The maximum Gasteiger partial charge on any atom is 0.332 e. The van der Waals surface area contributed by atoms with Crippen LogP contribution in [-0.2, 0) is 13.1 Å². The maximum absolute atomic E-state index is 12.6. The Kier molecular flexibility index (Phi) is 4.87. The lowest BCUT2D eigenvalue weighted by molar-refractivity contribution is 0.555. The van der Waals surface area contributed by atoms with Gasteiger partial charge in [0.1, 0.15) is 11.3 Å². The molecule has 1 N–H and O–H groups in total. The Bertz CT molecular complexity index is 1010. The third-order valence-corrected chi connectivity index (χ3v) is 3.77. The van der Waals surface area contributed by atoms with E-state index in [1.807, 2.05) is 13.8 Å². The summed E-state index contributed by atoms with van der Waals surface area (Å²) in [5, 5.41) is 0. The molecule has 0 atom stereocenters. The van der Waals surface area contributed by atoms with Gasteiger partial charge in [-0.2, -0.15) is 0 Å². The van der Waals surface area contributed by atoms with E-state index in [1.54, 1.807) is 35.3 Å². The van der Waals surface area contributed by atoms with E-state index < -0.39 is 0 Å². The quantitative estimate of drug-likeness (QED) is 0.736. The molecule has 0 aliphatic carbocycles. The number of aromatic nitrogens is 6. The van der Waals surface area contributed by atoms with E-state index in [0.717, 1.165) is 6.42 Å². The monoisotopic (exact) mass is 340 g/mol. The van der Waals surface area contributed by atoms with Crippen molar-refractivity contribution in [1.29, 1.82) is 0 Å². The molecule has 0 aromatic carbocycles. The zero-order chi connectivity index (χ0) is 17.8. The predicted octanol–water partition coefficient (Wildman–Crippen LogP) is 1.67. The highest BCUT2D eigenvalue weighted by atomic mass is 16.2. The SMILES string of the molecule is CCCn1c(=O)c2[nH]c(/C=C/c3cnccn3)nc2n(CCC)c1=O. The largest absolute Gasteiger partial charge is 0.333 e. The number of rotatable bonds is 6. The average molecular weight is 340 g/mol. The second kappa shape index (κ2) is 7.25. The molecule has 0 saturated carbocycles. The molecular weight excluding hydrogens is 320 g/mol. The fourth-order valence-electron chi connectivity index (χ4n) is 2.67. The van der Waals surface area contributed by atoms with Gasteiger partial charge in [-0.05, 0) is 25.0 Å². The van der Waals surface area contributed by atoms with Crippen molar-refractivity contribution < 1.29 is 0 Å². The molecule has 0 aliphatic rings. The molecule has 3 rings (SSSR count). The van der Waals surface area contributed by atoms with Crippen LogP contribution in [0.3, 0.4) is 0 Å². The number of nitrogens with one attached hydrogen (secondary N) is 1. The topological polar surface area (TPSA) is 98.5 Å². The summed E-state index contributed by atoms with van der Waals surface area (Å²) in [4.78, 5) is 40.8. The molecule has 3 aromatic rings. The number of nitrogens with zero attached hydrogens (tertiary/aromatic N) is 5. The van der Waals surface area contributed by atoms with Crippen molar-refractivity contribution in [3.05, 3.63) is 50.9 Å². The fraction of sp³-hybridized carbons (Fsp3) is 0.353. The Morgan fingerprint density at radius 1 is 1.08 bits per heavy atom. The van der Waals surface area contributed by atoms with E-state index in [4.69, 9.17) is 0 Å². The lowest BCUT2D eigenvalue weighted by Gasteiger charge is -2.09. The summed E-state index contributed by atoms with van der Waals surface area (Å²) >= 11 is 0.